The molecule has 0 bridgehead atoms. The number of imidazole rings is 1. The number of H-pyrrole nitrogens is 1. The molecule has 2 N–H and O–H groups in total. The molecular formula is C12H15N5O3. The third-order valence-corrected chi connectivity index (χ3v) is 3.59. The second-order valence-corrected chi connectivity index (χ2v) is 4.89. The van der Waals surface area contributed by atoms with E-state index in [-0.39, 0.29) is 12.1 Å². The first-order valence-corrected chi connectivity index (χ1v) is 6.67. The van der Waals surface area contributed by atoms with E-state index in [1.54, 1.807) is 6.33 Å². The lowest BCUT2D eigenvalue weighted by Crippen LogP contribution is -2.29. The average molecular weight is 277 g/mol. The predicted molar refractivity (Wildman–Crippen MR) is 65.7 cm³/mol. The molecular weight excluding hydrogens is 262 g/mol. The quantitative estimate of drug-likeness (QED) is 0.812. The number of fused-ring (bicyclic) bond motifs is 1. The van der Waals surface area contributed by atoms with E-state index in [1.807, 2.05) is 0 Å². The number of ether oxygens (including phenoxy) is 2. The summed E-state index contributed by atoms with van der Waals surface area (Å²) >= 11 is 0. The Bertz CT molecular complexity index is 589. The van der Waals surface area contributed by atoms with E-state index in [0.717, 1.165) is 24.4 Å². The molecule has 0 saturated carbocycles. The summed E-state index contributed by atoms with van der Waals surface area (Å²) in [6, 6.07) is -0.00319. The van der Waals surface area contributed by atoms with Gasteiger partial charge in [0.15, 0.2) is 0 Å². The summed E-state index contributed by atoms with van der Waals surface area (Å²) in [5.74, 6) is 1.12. The Kier molecular flexibility index (Phi) is 2.98. The Morgan fingerprint density at radius 1 is 1.30 bits per heavy atom. The molecule has 0 spiro atoms. The highest BCUT2D eigenvalue weighted by atomic mass is 16.6. The van der Waals surface area contributed by atoms with E-state index >= 15 is 0 Å². The Hall–Kier alpha value is -1.77. The highest BCUT2D eigenvalue weighted by Crippen LogP contribution is 2.25. The molecule has 2 aromatic rings. The molecule has 0 radical (unpaired) electrons. The summed E-state index contributed by atoms with van der Waals surface area (Å²) in [6.07, 6.45) is 2.22. The van der Waals surface area contributed by atoms with Crippen LogP contribution in [-0.4, -0.2) is 39.9 Å². The number of nitrogens with one attached hydrogen (secondary N) is 2. The Morgan fingerprint density at radius 3 is 3.20 bits per heavy atom. The molecule has 1 saturated heterocycles. The molecule has 8 nitrogen and oxygen atoms in total. The van der Waals surface area contributed by atoms with Gasteiger partial charge < -0.3 is 19.0 Å². The minimum atomic E-state index is -0.231. The Labute approximate surface area is 114 Å². The summed E-state index contributed by atoms with van der Waals surface area (Å²) in [7, 11) is 0. The van der Waals surface area contributed by atoms with Crippen molar-refractivity contribution in [3.63, 3.8) is 0 Å². The lowest BCUT2D eigenvalue weighted by Gasteiger charge is -2.20. The zero-order chi connectivity index (χ0) is 13.4. The van der Waals surface area contributed by atoms with Gasteiger partial charge >= 0.3 is 0 Å². The van der Waals surface area contributed by atoms with Crippen molar-refractivity contribution in [3.05, 3.63) is 29.4 Å². The fraction of sp³-hybridized carbons (Fsp3) is 0.583. The summed E-state index contributed by atoms with van der Waals surface area (Å²) in [5.41, 5.74) is 2.16. The van der Waals surface area contributed by atoms with Crippen LogP contribution in [0.3, 0.4) is 0 Å². The number of rotatable bonds is 2. The molecule has 4 heterocycles. The van der Waals surface area contributed by atoms with Gasteiger partial charge in [-0.15, -0.1) is 0 Å². The number of aromatic amines is 1. The maximum absolute atomic E-state index is 5.56. The van der Waals surface area contributed by atoms with E-state index in [2.05, 4.69) is 25.4 Å². The minimum Gasteiger partial charge on any atom is -0.376 e. The van der Waals surface area contributed by atoms with Crippen molar-refractivity contribution in [2.75, 3.05) is 19.8 Å². The zero-order valence-corrected chi connectivity index (χ0v) is 10.8. The van der Waals surface area contributed by atoms with Crippen LogP contribution in [0, 0.1) is 0 Å². The van der Waals surface area contributed by atoms with Gasteiger partial charge in [-0.3, -0.25) is 5.32 Å². The number of aromatic nitrogens is 4. The number of hydrogen-bond acceptors (Lipinski definition) is 7. The molecule has 2 unspecified atom stereocenters. The SMILES string of the molecule is c1nc2c([nH]1)CNC(c1nc(C3COCCO3)no1)C2. The molecule has 106 valence electrons. The van der Waals surface area contributed by atoms with Gasteiger partial charge in [0.2, 0.25) is 11.7 Å². The zero-order valence-electron chi connectivity index (χ0n) is 10.8. The molecule has 1 fully saturated rings. The first-order valence-electron chi connectivity index (χ1n) is 6.67. The molecule has 20 heavy (non-hydrogen) atoms. The second kappa shape index (κ2) is 4.97. The number of nitrogens with zero attached hydrogens (tertiary/aromatic N) is 3. The van der Waals surface area contributed by atoms with Gasteiger partial charge in [-0.25, -0.2) is 4.98 Å². The Balaban J connectivity index is 1.51. The largest absolute Gasteiger partial charge is 0.376 e. The van der Waals surface area contributed by atoms with E-state index < -0.39 is 0 Å². The van der Waals surface area contributed by atoms with E-state index in [0.29, 0.717) is 31.5 Å². The van der Waals surface area contributed by atoms with Crippen LogP contribution in [-0.2, 0) is 22.4 Å². The fourth-order valence-corrected chi connectivity index (χ4v) is 2.50. The Morgan fingerprint density at radius 2 is 2.30 bits per heavy atom. The first-order chi connectivity index (χ1) is 9.90. The van der Waals surface area contributed by atoms with Crippen molar-refractivity contribution in [2.45, 2.75) is 25.1 Å². The van der Waals surface area contributed by atoms with Crippen LogP contribution in [0.4, 0.5) is 0 Å². The van der Waals surface area contributed by atoms with Gasteiger partial charge in [0.05, 0.1) is 43.6 Å². The standard InChI is InChI=1S/C12H15N5O3/c1-2-19-10(5-18-1)11-16-12(20-17-11)8-3-7-9(4-13-8)15-6-14-7/h6,8,10,13H,1-5H2,(H,14,15). The second-order valence-electron chi connectivity index (χ2n) is 4.89. The van der Waals surface area contributed by atoms with Crippen LogP contribution in [0.2, 0.25) is 0 Å². The van der Waals surface area contributed by atoms with Crippen LogP contribution in [0.15, 0.2) is 10.9 Å². The number of hydrogen-bond donors (Lipinski definition) is 2. The van der Waals surface area contributed by atoms with Crippen LogP contribution < -0.4 is 5.32 Å². The highest BCUT2D eigenvalue weighted by molar-refractivity contribution is 5.17. The lowest BCUT2D eigenvalue weighted by atomic mass is 10.1. The van der Waals surface area contributed by atoms with Gasteiger partial charge in [0.25, 0.3) is 0 Å². The van der Waals surface area contributed by atoms with E-state index in [9.17, 15) is 0 Å². The third kappa shape index (κ3) is 2.11. The van der Waals surface area contributed by atoms with Gasteiger partial charge in [-0.2, -0.15) is 4.98 Å². The first kappa shape index (κ1) is 12.0. The maximum atomic E-state index is 5.56. The van der Waals surface area contributed by atoms with Crippen molar-refractivity contribution in [3.8, 4) is 0 Å². The van der Waals surface area contributed by atoms with E-state index in [1.165, 1.54) is 0 Å². The summed E-state index contributed by atoms with van der Waals surface area (Å²) in [6.45, 7) is 2.38. The molecule has 8 heteroatoms. The molecule has 0 aliphatic carbocycles. The van der Waals surface area contributed by atoms with Gasteiger partial charge in [0.1, 0.15) is 6.10 Å². The molecule has 0 amide bonds. The molecule has 2 aromatic heterocycles. The lowest BCUT2D eigenvalue weighted by molar-refractivity contribution is -0.0941. The fourth-order valence-electron chi connectivity index (χ4n) is 2.50. The average Bonchev–Trinajstić information content (AvgIpc) is 3.16. The molecule has 2 aliphatic rings. The van der Waals surface area contributed by atoms with Crippen molar-refractivity contribution in [1.82, 2.24) is 25.4 Å². The highest BCUT2D eigenvalue weighted by Gasteiger charge is 2.28. The third-order valence-electron chi connectivity index (χ3n) is 3.59. The summed E-state index contributed by atoms with van der Waals surface area (Å²) in [5, 5.41) is 7.35. The molecule has 0 aromatic carbocycles. The van der Waals surface area contributed by atoms with Crippen LogP contribution in [0.5, 0.6) is 0 Å². The molecule has 4 rings (SSSR count). The normalized spacial score (nSPS) is 26.4. The van der Waals surface area contributed by atoms with E-state index in [4.69, 9.17) is 14.0 Å². The van der Waals surface area contributed by atoms with Gasteiger partial charge in [-0.05, 0) is 0 Å². The van der Waals surface area contributed by atoms with Gasteiger partial charge in [-0.1, -0.05) is 5.16 Å². The van der Waals surface area contributed by atoms with Crippen LogP contribution in [0.1, 0.15) is 35.2 Å². The monoisotopic (exact) mass is 277 g/mol. The minimum absolute atomic E-state index is 0.00319. The van der Waals surface area contributed by atoms with Crippen molar-refractivity contribution < 1.29 is 14.0 Å². The topological polar surface area (TPSA) is 98.1 Å². The molecule has 2 atom stereocenters. The summed E-state index contributed by atoms with van der Waals surface area (Å²) in [4.78, 5) is 11.8. The molecule has 2 aliphatic heterocycles. The van der Waals surface area contributed by atoms with Gasteiger partial charge in [0, 0.05) is 13.0 Å². The van der Waals surface area contributed by atoms with Crippen LogP contribution >= 0.6 is 0 Å². The van der Waals surface area contributed by atoms with Crippen molar-refractivity contribution in [1.29, 1.82) is 0 Å². The maximum Gasteiger partial charge on any atom is 0.244 e. The predicted octanol–water partition coefficient (Wildman–Crippen LogP) is 0.268. The van der Waals surface area contributed by atoms with Crippen LogP contribution in [0.25, 0.3) is 0 Å². The van der Waals surface area contributed by atoms with Crippen molar-refractivity contribution >= 4 is 0 Å². The summed E-state index contributed by atoms with van der Waals surface area (Å²) < 4.78 is 16.3. The van der Waals surface area contributed by atoms with Crippen molar-refractivity contribution in [2.24, 2.45) is 0 Å². The smallest absolute Gasteiger partial charge is 0.244 e.